The zero-order chi connectivity index (χ0) is 40.2. The van der Waals surface area contributed by atoms with Gasteiger partial charge in [-0.25, -0.2) is 13.8 Å². The Kier molecular flexibility index (Phi) is 12.5. The summed E-state index contributed by atoms with van der Waals surface area (Å²) < 4.78 is 41.9. The van der Waals surface area contributed by atoms with Crippen LogP contribution in [0.1, 0.15) is 76.5 Å². The molecule has 6 heterocycles. The molecule has 5 aliphatic heterocycles. The van der Waals surface area contributed by atoms with Gasteiger partial charge in [-0.2, -0.15) is 0 Å². The highest BCUT2D eigenvalue weighted by molar-refractivity contribution is 6.01. The van der Waals surface area contributed by atoms with Gasteiger partial charge in [0.15, 0.2) is 0 Å². The average molecular weight is 804 g/mol. The van der Waals surface area contributed by atoms with Gasteiger partial charge >= 0.3 is 0 Å². The summed E-state index contributed by atoms with van der Waals surface area (Å²) in [5, 5.41) is 5.30. The third-order valence-corrected chi connectivity index (χ3v) is 13.1. The molecule has 0 spiro atoms. The SMILES string of the molecule is O=C1CCC(Nc2ccc(N3CCC(C(=O)N4CCC(N5CCC(COc6cc(F)c7c(=O)[nH]c(CCC8CCOCC8)nc7c6)CC5)CC4)CC3)c(F)c2)C(=O)N1. The number of benzene rings is 2. The number of H-pyrrole nitrogens is 1. The molecule has 2 aromatic carbocycles. The number of rotatable bonds is 11. The second-order valence-corrected chi connectivity index (χ2v) is 16.8. The number of piperidine rings is 4. The number of nitrogens with zero attached hydrogens (tertiary/aromatic N) is 4. The molecule has 0 saturated carbocycles. The normalized spacial score (nSPS) is 22.3. The van der Waals surface area contributed by atoms with Crippen molar-refractivity contribution in [1.82, 2.24) is 25.1 Å². The fraction of sp³-hybridized carbons (Fsp3) is 0.605. The lowest BCUT2D eigenvalue weighted by atomic mass is 9.92. The summed E-state index contributed by atoms with van der Waals surface area (Å²) in [5.74, 6) is 0.274. The zero-order valence-corrected chi connectivity index (χ0v) is 33.1. The van der Waals surface area contributed by atoms with E-state index in [-0.39, 0.29) is 35.4 Å². The first-order valence-corrected chi connectivity index (χ1v) is 21.3. The molecule has 0 radical (unpaired) electrons. The predicted molar refractivity (Wildman–Crippen MR) is 215 cm³/mol. The van der Waals surface area contributed by atoms with E-state index in [1.807, 2.05) is 9.80 Å². The van der Waals surface area contributed by atoms with Crippen molar-refractivity contribution in [3.63, 3.8) is 0 Å². The number of likely N-dealkylation sites (tertiary alicyclic amines) is 2. The maximum atomic E-state index is 15.2. The van der Waals surface area contributed by atoms with Crippen LogP contribution in [-0.4, -0.2) is 109 Å². The van der Waals surface area contributed by atoms with Crippen LogP contribution < -0.4 is 25.8 Å². The molecule has 58 heavy (non-hydrogen) atoms. The Balaban J connectivity index is 0.752. The Labute approximate surface area is 337 Å². The Bertz CT molecular complexity index is 2020. The van der Waals surface area contributed by atoms with E-state index < -0.39 is 23.3 Å². The number of imide groups is 1. The molecule has 8 rings (SSSR count). The minimum atomic E-state index is -0.622. The number of fused-ring (bicyclic) bond motifs is 1. The van der Waals surface area contributed by atoms with Crippen LogP contribution in [0.15, 0.2) is 35.1 Å². The summed E-state index contributed by atoms with van der Waals surface area (Å²) >= 11 is 0. The topological polar surface area (TPSA) is 149 Å². The zero-order valence-electron chi connectivity index (χ0n) is 33.1. The van der Waals surface area contributed by atoms with Crippen LogP contribution in [0.4, 0.5) is 20.2 Å². The maximum absolute atomic E-state index is 15.2. The van der Waals surface area contributed by atoms with E-state index in [1.54, 1.807) is 18.2 Å². The molecule has 5 saturated heterocycles. The molecule has 3 N–H and O–H groups in total. The van der Waals surface area contributed by atoms with Gasteiger partial charge in [0.25, 0.3) is 5.56 Å². The van der Waals surface area contributed by atoms with E-state index in [0.717, 1.165) is 84.3 Å². The number of ether oxygens (including phenoxy) is 2. The van der Waals surface area contributed by atoms with Crippen molar-refractivity contribution in [2.45, 2.75) is 89.1 Å². The third kappa shape index (κ3) is 9.46. The van der Waals surface area contributed by atoms with Crippen molar-refractivity contribution in [2.24, 2.45) is 17.8 Å². The predicted octanol–water partition coefficient (Wildman–Crippen LogP) is 4.78. The van der Waals surface area contributed by atoms with Crippen LogP contribution in [0.3, 0.4) is 0 Å². The van der Waals surface area contributed by atoms with E-state index in [2.05, 4.69) is 25.5 Å². The van der Waals surface area contributed by atoms with Gasteiger partial charge in [0.05, 0.1) is 17.8 Å². The Morgan fingerprint density at radius 3 is 2.34 bits per heavy atom. The number of carbonyl (C=O) groups is 3. The van der Waals surface area contributed by atoms with Crippen molar-refractivity contribution < 1.29 is 32.6 Å². The highest BCUT2D eigenvalue weighted by atomic mass is 19.1. The quantitative estimate of drug-likeness (QED) is 0.232. The molecular weight excluding hydrogens is 749 g/mol. The first-order chi connectivity index (χ1) is 28.2. The molecule has 312 valence electrons. The number of aromatic nitrogens is 2. The Morgan fingerprint density at radius 2 is 1.62 bits per heavy atom. The van der Waals surface area contributed by atoms with Gasteiger partial charge in [0, 0.05) is 82.0 Å². The molecular formula is C43H55F2N7O6. The van der Waals surface area contributed by atoms with Gasteiger partial charge in [-0.1, -0.05) is 0 Å². The van der Waals surface area contributed by atoms with Gasteiger partial charge in [0.2, 0.25) is 17.7 Å². The second kappa shape index (κ2) is 18.1. The van der Waals surface area contributed by atoms with E-state index in [1.165, 1.54) is 12.1 Å². The maximum Gasteiger partial charge on any atom is 0.261 e. The van der Waals surface area contributed by atoms with Crippen LogP contribution in [0.25, 0.3) is 10.9 Å². The molecule has 15 heteroatoms. The third-order valence-electron chi connectivity index (χ3n) is 13.1. The molecule has 13 nitrogen and oxygen atoms in total. The number of aromatic amines is 1. The van der Waals surface area contributed by atoms with Crippen LogP contribution in [0, 0.1) is 29.4 Å². The molecule has 0 aliphatic carbocycles. The number of amides is 3. The fourth-order valence-electron chi connectivity index (χ4n) is 9.49. The largest absolute Gasteiger partial charge is 0.493 e. The smallest absolute Gasteiger partial charge is 0.261 e. The first kappa shape index (κ1) is 40.2. The van der Waals surface area contributed by atoms with Crippen molar-refractivity contribution in [1.29, 1.82) is 0 Å². The molecule has 5 aliphatic rings. The summed E-state index contributed by atoms with van der Waals surface area (Å²) in [6.45, 7) is 6.58. The molecule has 0 bridgehead atoms. The molecule has 1 aromatic heterocycles. The summed E-state index contributed by atoms with van der Waals surface area (Å²) in [6, 6.07) is 7.68. The van der Waals surface area contributed by atoms with Crippen molar-refractivity contribution >= 4 is 40.0 Å². The Hall–Kier alpha value is -4.63. The van der Waals surface area contributed by atoms with Crippen LogP contribution in [-0.2, 0) is 25.5 Å². The van der Waals surface area contributed by atoms with Crippen molar-refractivity contribution in [3.05, 3.63) is 58.1 Å². The van der Waals surface area contributed by atoms with E-state index >= 15 is 8.78 Å². The van der Waals surface area contributed by atoms with E-state index in [9.17, 15) is 19.2 Å². The molecule has 1 unspecified atom stereocenters. The summed E-state index contributed by atoms with van der Waals surface area (Å²) in [6.07, 6.45) is 9.33. The molecule has 5 fully saturated rings. The molecule has 3 aromatic rings. The van der Waals surface area contributed by atoms with E-state index in [4.69, 9.17) is 9.47 Å². The fourth-order valence-corrected chi connectivity index (χ4v) is 9.49. The second-order valence-electron chi connectivity index (χ2n) is 16.8. The van der Waals surface area contributed by atoms with Gasteiger partial charge < -0.3 is 34.5 Å². The number of carbonyl (C=O) groups excluding carboxylic acids is 3. The van der Waals surface area contributed by atoms with Crippen molar-refractivity contribution in [2.75, 3.05) is 69.3 Å². The van der Waals surface area contributed by atoms with Crippen LogP contribution in [0.2, 0.25) is 0 Å². The van der Waals surface area contributed by atoms with Crippen LogP contribution >= 0.6 is 0 Å². The summed E-state index contributed by atoms with van der Waals surface area (Å²) in [5.41, 5.74) is 0.840. The highest BCUT2D eigenvalue weighted by Crippen LogP contribution is 2.31. The minimum absolute atomic E-state index is 0.0347. The summed E-state index contributed by atoms with van der Waals surface area (Å²) in [4.78, 5) is 63.8. The number of halogens is 2. The summed E-state index contributed by atoms with van der Waals surface area (Å²) in [7, 11) is 0. The van der Waals surface area contributed by atoms with Gasteiger partial charge in [-0.05, 0) is 107 Å². The van der Waals surface area contributed by atoms with Gasteiger partial charge in [-0.3, -0.25) is 24.5 Å². The number of hydrogen-bond acceptors (Lipinski definition) is 10. The average Bonchev–Trinajstić information content (AvgIpc) is 3.23. The lowest BCUT2D eigenvalue weighted by Gasteiger charge is -2.43. The van der Waals surface area contributed by atoms with Crippen LogP contribution in [0.5, 0.6) is 5.75 Å². The lowest BCUT2D eigenvalue weighted by molar-refractivity contribution is -0.138. The first-order valence-electron chi connectivity index (χ1n) is 21.3. The Morgan fingerprint density at radius 1 is 0.862 bits per heavy atom. The molecule has 1 atom stereocenters. The standard InChI is InChI=1S/C43H55F2N7O6/c44-33-23-30(46-35-3-6-39(53)49-41(35)54)2-4-37(33)51-17-9-29(10-18-51)43(56)52-19-11-31(12-20-52)50-15-7-28(8-16-50)26-58-32-24-34(45)40-36(25-32)47-38(48-42(40)55)5-1-27-13-21-57-22-14-27/h2,4,23-25,27-29,31,35,46H,1,3,5-22,26H2,(H,47,48,55)(H,49,53,54). The number of aryl methyl sites for hydroxylation is 1. The number of nitrogens with one attached hydrogen (secondary N) is 3. The molecule has 3 amide bonds. The van der Waals surface area contributed by atoms with E-state index in [0.29, 0.717) is 91.7 Å². The van der Waals surface area contributed by atoms with Gasteiger partial charge in [0.1, 0.15) is 34.6 Å². The monoisotopic (exact) mass is 803 g/mol. The van der Waals surface area contributed by atoms with Crippen molar-refractivity contribution in [3.8, 4) is 5.75 Å². The number of hydrogen-bond donors (Lipinski definition) is 3. The number of anilines is 2. The van der Waals surface area contributed by atoms with Gasteiger partial charge in [-0.15, -0.1) is 0 Å². The minimum Gasteiger partial charge on any atom is -0.493 e. The highest BCUT2D eigenvalue weighted by Gasteiger charge is 2.34. The lowest BCUT2D eigenvalue weighted by Crippen LogP contribution is -2.51.